The molecule has 268 valence electrons. The van der Waals surface area contributed by atoms with Crippen LogP contribution in [0.15, 0.2) is 209 Å². The third-order valence-electron chi connectivity index (χ3n) is 11.1. The lowest BCUT2D eigenvalue weighted by molar-refractivity contribution is 0.669. The van der Waals surface area contributed by atoms with Crippen LogP contribution >= 0.6 is 0 Å². The zero-order valence-electron chi connectivity index (χ0n) is 30.7. The molecular weight excluding hydrogens is 715 g/mol. The third-order valence-corrected chi connectivity index (χ3v) is 15.9. The molecule has 57 heavy (non-hydrogen) atoms. The SMILES string of the molecule is c1ccc(-c2nc(-c3cccc([Si](c4ccccc4)(c4ccccc4)c4cccc5c4oc4ccccc45)c3)nc(-c3ccc4oc5ccccc5c4c3)n2)cc1. The van der Waals surface area contributed by atoms with Crippen LogP contribution in [-0.4, -0.2) is 23.0 Å². The van der Waals surface area contributed by atoms with Crippen molar-refractivity contribution in [3.8, 4) is 34.2 Å². The molecule has 0 spiro atoms. The fourth-order valence-corrected chi connectivity index (χ4v) is 13.4. The monoisotopic (exact) mass is 747 g/mol. The van der Waals surface area contributed by atoms with Gasteiger partial charge in [-0.2, -0.15) is 0 Å². The summed E-state index contributed by atoms with van der Waals surface area (Å²) in [6.07, 6.45) is 0. The molecule has 0 aliphatic rings. The lowest BCUT2D eigenvalue weighted by Gasteiger charge is -2.34. The van der Waals surface area contributed by atoms with E-state index in [2.05, 4.69) is 133 Å². The van der Waals surface area contributed by atoms with Gasteiger partial charge >= 0.3 is 0 Å². The maximum atomic E-state index is 6.84. The van der Waals surface area contributed by atoms with Gasteiger partial charge in [0, 0.05) is 38.2 Å². The van der Waals surface area contributed by atoms with Gasteiger partial charge in [0.05, 0.1) is 0 Å². The van der Waals surface area contributed by atoms with Crippen molar-refractivity contribution >= 4 is 72.7 Å². The Morgan fingerprint density at radius 2 is 0.789 bits per heavy atom. The summed E-state index contributed by atoms with van der Waals surface area (Å²) in [6, 6.07) is 70.1. The summed E-state index contributed by atoms with van der Waals surface area (Å²) in [6.45, 7) is 0. The summed E-state index contributed by atoms with van der Waals surface area (Å²) in [7, 11) is -3.07. The molecular formula is C51H33N3O2Si. The van der Waals surface area contributed by atoms with Crippen molar-refractivity contribution in [2.75, 3.05) is 0 Å². The maximum Gasteiger partial charge on any atom is 0.184 e. The normalized spacial score (nSPS) is 11.9. The highest BCUT2D eigenvalue weighted by Crippen LogP contribution is 2.33. The molecule has 0 aliphatic heterocycles. The molecule has 3 heterocycles. The van der Waals surface area contributed by atoms with Crippen LogP contribution in [0.3, 0.4) is 0 Å². The minimum absolute atomic E-state index is 0.595. The molecule has 0 N–H and O–H groups in total. The average Bonchev–Trinajstić information content (AvgIpc) is 3.86. The van der Waals surface area contributed by atoms with Gasteiger partial charge < -0.3 is 8.83 Å². The highest BCUT2D eigenvalue weighted by atomic mass is 28.3. The quantitative estimate of drug-likeness (QED) is 0.120. The highest BCUT2D eigenvalue weighted by Gasteiger charge is 2.44. The molecule has 0 unspecified atom stereocenters. The number of hydrogen-bond donors (Lipinski definition) is 0. The van der Waals surface area contributed by atoms with Gasteiger partial charge in [-0.05, 0) is 51.1 Å². The second-order valence-electron chi connectivity index (χ2n) is 14.3. The molecule has 0 saturated heterocycles. The Morgan fingerprint density at radius 3 is 1.47 bits per heavy atom. The number of aromatic nitrogens is 3. The molecule has 0 fully saturated rings. The van der Waals surface area contributed by atoms with Crippen LogP contribution < -0.4 is 20.7 Å². The van der Waals surface area contributed by atoms with Crippen LogP contribution in [-0.2, 0) is 0 Å². The molecule has 0 aliphatic carbocycles. The Kier molecular flexibility index (Phi) is 7.76. The topological polar surface area (TPSA) is 65.0 Å². The Morgan fingerprint density at radius 1 is 0.316 bits per heavy atom. The Labute approximate surface area is 329 Å². The predicted molar refractivity (Wildman–Crippen MR) is 234 cm³/mol. The van der Waals surface area contributed by atoms with Gasteiger partial charge in [-0.25, -0.2) is 15.0 Å². The van der Waals surface area contributed by atoms with Crippen LogP contribution in [0.5, 0.6) is 0 Å². The van der Waals surface area contributed by atoms with Gasteiger partial charge in [0.2, 0.25) is 0 Å². The molecule has 0 atom stereocenters. The first kappa shape index (κ1) is 33.0. The van der Waals surface area contributed by atoms with E-state index in [0.717, 1.165) is 60.6 Å². The van der Waals surface area contributed by atoms with Gasteiger partial charge in [0.25, 0.3) is 0 Å². The van der Waals surface area contributed by atoms with E-state index in [4.69, 9.17) is 23.8 Å². The number of fused-ring (bicyclic) bond motifs is 6. The van der Waals surface area contributed by atoms with E-state index in [0.29, 0.717) is 17.5 Å². The molecule has 0 radical (unpaired) electrons. The molecule has 3 aromatic heterocycles. The van der Waals surface area contributed by atoms with E-state index in [9.17, 15) is 0 Å². The number of para-hydroxylation sites is 3. The molecule has 0 bridgehead atoms. The van der Waals surface area contributed by atoms with Gasteiger partial charge in [-0.15, -0.1) is 0 Å². The molecule has 5 nitrogen and oxygen atoms in total. The average molecular weight is 748 g/mol. The van der Waals surface area contributed by atoms with E-state index < -0.39 is 8.07 Å². The molecule has 11 rings (SSSR count). The maximum absolute atomic E-state index is 6.84. The van der Waals surface area contributed by atoms with Crippen LogP contribution in [0.2, 0.25) is 0 Å². The summed E-state index contributed by atoms with van der Waals surface area (Å²) >= 11 is 0. The number of benzene rings is 8. The summed E-state index contributed by atoms with van der Waals surface area (Å²) < 4.78 is 13.0. The van der Waals surface area contributed by atoms with Crippen LogP contribution in [0.4, 0.5) is 0 Å². The van der Waals surface area contributed by atoms with E-state index >= 15 is 0 Å². The lowest BCUT2D eigenvalue weighted by atomic mass is 10.1. The van der Waals surface area contributed by atoms with E-state index in [-0.39, 0.29) is 0 Å². The minimum Gasteiger partial charge on any atom is -0.456 e. The number of nitrogens with zero attached hydrogens (tertiary/aromatic N) is 3. The van der Waals surface area contributed by atoms with Crippen LogP contribution in [0.1, 0.15) is 0 Å². The molecule has 11 aromatic rings. The fraction of sp³-hybridized carbons (Fsp3) is 0. The first-order valence-corrected chi connectivity index (χ1v) is 21.1. The second-order valence-corrected chi connectivity index (χ2v) is 18.1. The Balaban J connectivity index is 1.17. The minimum atomic E-state index is -3.07. The Bertz CT molecular complexity index is 3210. The van der Waals surface area contributed by atoms with Crippen molar-refractivity contribution in [1.82, 2.24) is 15.0 Å². The van der Waals surface area contributed by atoms with Gasteiger partial charge in [0.1, 0.15) is 22.3 Å². The van der Waals surface area contributed by atoms with Gasteiger partial charge in [0.15, 0.2) is 25.5 Å². The van der Waals surface area contributed by atoms with E-state index in [1.165, 1.54) is 20.7 Å². The van der Waals surface area contributed by atoms with Crippen molar-refractivity contribution in [2.24, 2.45) is 0 Å². The molecule has 0 saturated carbocycles. The van der Waals surface area contributed by atoms with Crippen molar-refractivity contribution < 1.29 is 8.83 Å². The van der Waals surface area contributed by atoms with Crippen molar-refractivity contribution in [3.63, 3.8) is 0 Å². The zero-order chi connectivity index (χ0) is 37.8. The van der Waals surface area contributed by atoms with Crippen LogP contribution in [0, 0.1) is 0 Å². The van der Waals surface area contributed by atoms with Crippen molar-refractivity contribution in [3.05, 3.63) is 200 Å². The lowest BCUT2D eigenvalue weighted by Crippen LogP contribution is -2.74. The largest absolute Gasteiger partial charge is 0.456 e. The van der Waals surface area contributed by atoms with Crippen molar-refractivity contribution in [2.45, 2.75) is 0 Å². The standard InChI is InChI=1S/C51H33N3O2Si/c1-4-16-34(17-5-1)49-52-50(54-51(53-49)36-30-31-46-43(33-36)41-25-11-12-27-44(41)55-46)35-18-14-23-39(32-35)57(37-19-6-2-7-20-37,38-21-8-3-9-22-38)47-29-15-26-42-40-24-10-13-28-45(40)56-48(42)47/h1-33H. The summed E-state index contributed by atoms with van der Waals surface area (Å²) in [4.78, 5) is 15.5. The van der Waals surface area contributed by atoms with Gasteiger partial charge in [-0.1, -0.05) is 170 Å². The first-order valence-electron chi connectivity index (χ1n) is 19.1. The molecule has 8 aromatic carbocycles. The summed E-state index contributed by atoms with van der Waals surface area (Å²) in [5, 5.41) is 9.19. The predicted octanol–water partition coefficient (Wildman–Crippen LogP) is 10.0. The summed E-state index contributed by atoms with van der Waals surface area (Å²) in [5.41, 5.74) is 6.19. The van der Waals surface area contributed by atoms with E-state index in [1.54, 1.807) is 0 Å². The second kappa shape index (κ2) is 13.4. The van der Waals surface area contributed by atoms with Crippen LogP contribution in [0.25, 0.3) is 78.0 Å². The number of furan rings is 2. The fourth-order valence-electron chi connectivity index (χ4n) is 8.49. The molecule has 0 amide bonds. The van der Waals surface area contributed by atoms with Gasteiger partial charge in [-0.3, -0.25) is 0 Å². The number of hydrogen-bond acceptors (Lipinski definition) is 5. The molecule has 6 heteroatoms. The van der Waals surface area contributed by atoms with Crippen molar-refractivity contribution in [1.29, 1.82) is 0 Å². The van der Waals surface area contributed by atoms with E-state index in [1.807, 2.05) is 66.7 Å². The Hall–Kier alpha value is -7.41. The first-order chi connectivity index (χ1) is 28.2. The summed E-state index contributed by atoms with van der Waals surface area (Å²) in [5.74, 6) is 1.81. The zero-order valence-corrected chi connectivity index (χ0v) is 31.7. The third kappa shape index (κ3) is 5.41. The number of rotatable bonds is 7. The smallest absolute Gasteiger partial charge is 0.184 e. The highest BCUT2D eigenvalue weighted by molar-refractivity contribution is 7.20.